The summed E-state index contributed by atoms with van der Waals surface area (Å²) in [5.41, 5.74) is -0.432. The summed E-state index contributed by atoms with van der Waals surface area (Å²) in [4.78, 5) is 10.7. The highest BCUT2D eigenvalue weighted by Crippen LogP contribution is 2.25. The number of rotatable bonds is 5. The number of carboxylic acid groups (broad SMARTS) is 1. The number of benzene rings is 1. The van der Waals surface area contributed by atoms with Crippen LogP contribution in [0.15, 0.2) is 18.2 Å². The van der Waals surface area contributed by atoms with Crippen LogP contribution in [0.4, 0.5) is 10.1 Å². The first-order valence-electron chi connectivity index (χ1n) is 6.91. The quantitative estimate of drug-likeness (QED) is 0.875. The van der Waals surface area contributed by atoms with E-state index >= 15 is 0 Å². The fourth-order valence-electron chi connectivity index (χ4n) is 2.64. The van der Waals surface area contributed by atoms with Crippen molar-refractivity contribution in [1.82, 2.24) is 0 Å². The summed E-state index contributed by atoms with van der Waals surface area (Å²) >= 11 is 0. The van der Waals surface area contributed by atoms with Gasteiger partial charge >= 0.3 is 5.97 Å². The number of aromatic carboxylic acids is 1. The van der Waals surface area contributed by atoms with Gasteiger partial charge in [0, 0.05) is 0 Å². The van der Waals surface area contributed by atoms with Crippen molar-refractivity contribution in [3.63, 3.8) is 0 Å². The second-order valence-corrected chi connectivity index (χ2v) is 7.15. The fraction of sp³-hybridized carbons (Fsp3) is 0.500. The Morgan fingerprint density at radius 2 is 1.95 bits per heavy atom. The molecule has 1 saturated carbocycles. The maximum atomic E-state index is 13.5. The van der Waals surface area contributed by atoms with Crippen LogP contribution in [0.3, 0.4) is 0 Å². The number of hydrogen-bond acceptors (Lipinski definition) is 3. The van der Waals surface area contributed by atoms with Gasteiger partial charge in [-0.15, -0.1) is 0 Å². The predicted molar refractivity (Wildman–Crippen MR) is 77.3 cm³/mol. The van der Waals surface area contributed by atoms with Crippen molar-refractivity contribution in [2.45, 2.75) is 32.1 Å². The van der Waals surface area contributed by atoms with Crippen LogP contribution in [-0.2, 0) is 10.0 Å². The van der Waals surface area contributed by atoms with Crippen molar-refractivity contribution in [2.75, 3.05) is 10.5 Å². The fourth-order valence-corrected chi connectivity index (χ4v) is 4.16. The van der Waals surface area contributed by atoms with Crippen LogP contribution in [-0.4, -0.2) is 25.2 Å². The van der Waals surface area contributed by atoms with Crippen LogP contribution in [0.2, 0.25) is 0 Å². The van der Waals surface area contributed by atoms with E-state index in [0.29, 0.717) is 0 Å². The van der Waals surface area contributed by atoms with Crippen LogP contribution in [0.1, 0.15) is 42.5 Å². The molecule has 1 fully saturated rings. The number of carbonyl (C=O) groups is 1. The standard InChI is InChI=1S/C14H18FNO4S/c15-13-8-11(6-7-12(13)14(17)18)16-21(19,20)9-10-4-2-1-3-5-10/h6-8,10,16H,1-5,9H2,(H,17,18). The highest BCUT2D eigenvalue weighted by molar-refractivity contribution is 7.92. The van der Waals surface area contributed by atoms with E-state index < -0.39 is 27.4 Å². The Hall–Kier alpha value is -1.63. The second-order valence-electron chi connectivity index (χ2n) is 5.39. The lowest BCUT2D eigenvalue weighted by Crippen LogP contribution is -2.24. The predicted octanol–water partition coefficient (Wildman–Crippen LogP) is 2.85. The van der Waals surface area contributed by atoms with Crippen LogP contribution < -0.4 is 4.72 Å². The summed E-state index contributed by atoms with van der Waals surface area (Å²) in [5.74, 6) is -2.18. The minimum atomic E-state index is -3.55. The minimum absolute atomic E-state index is 0.0231. The first kappa shape index (κ1) is 15.8. The maximum absolute atomic E-state index is 13.5. The largest absolute Gasteiger partial charge is 0.478 e. The van der Waals surface area contributed by atoms with Gasteiger partial charge in [-0.25, -0.2) is 17.6 Å². The van der Waals surface area contributed by atoms with E-state index in [2.05, 4.69) is 4.72 Å². The molecule has 0 atom stereocenters. The lowest BCUT2D eigenvalue weighted by atomic mass is 9.91. The van der Waals surface area contributed by atoms with E-state index in [4.69, 9.17) is 5.11 Å². The molecule has 0 heterocycles. The van der Waals surface area contributed by atoms with Gasteiger partial charge in [0.15, 0.2) is 0 Å². The van der Waals surface area contributed by atoms with Crippen molar-refractivity contribution in [2.24, 2.45) is 5.92 Å². The van der Waals surface area contributed by atoms with Gasteiger partial charge in [0.05, 0.1) is 17.0 Å². The molecule has 0 aromatic heterocycles. The third kappa shape index (κ3) is 4.42. The molecule has 7 heteroatoms. The van der Waals surface area contributed by atoms with Crippen LogP contribution in [0.5, 0.6) is 0 Å². The number of sulfonamides is 1. The number of nitrogens with one attached hydrogen (secondary N) is 1. The minimum Gasteiger partial charge on any atom is -0.478 e. The van der Waals surface area contributed by atoms with E-state index in [1.807, 2.05) is 0 Å². The SMILES string of the molecule is O=C(O)c1ccc(NS(=O)(=O)CC2CCCCC2)cc1F. The molecule has 0 unspecified atom stereocenters. The summed E-state index contributed by atoms with van der Waals surface area (Å²) in [6, 6.07) is 3.20. The molecule has 0 radical (unpaired) electrons. The molecule has 5 nitrogen and oxygen atoms in total. The molecule has 2 N–H and O–H groups in total. The van der Waals surface area contributed by atoms with Gasteiger partial charge in [0.1, 0.15) is 5.82 Å². The molecule has 1 aliphatic carbocycles. The smallest absolute Gasteiger partial charge is 0.338 e. The Morgan fingerprint density at radius 3 is 2.52 bits per heavy atom. The average Bonchev–Trinajstić information content (AvgIpc) is 2.38. The van der Waals surface area contributed by atoms with Gasteiger partial charge in [-0.2, -0.15) is 0 Å². The number of hydrogen-bond donors (Lipinski definition) is 2. The van der Waals surface area contributed by atoms with E-state index in [1.165, 1.54) is 6.07 Å². The van der Waals surface area contributed by atoms with Gasteiger partial charge in [-0.05, 0) is 37.0 Å². The van der Waals surface area contributed by atoms with E-state index in [0.717, 1.165) is 44.2 Å². The van der Waals surface area contributed by atoms with Gasteiger partial charge < -0.3 is 5.11 Å². The molecule has 1 aromatic rings. The van der Waals surface area contributed by atoms with Crippen molar-refractivity contribution < 1.29 is 22.7 Å². The third-order valence-corrected chi connectivity index (χ3v) is 5.11. The van der Waals surface area contributed by atoms with Gasteiger partial charge in [-0.1, -0.05) is 19.3 Å². The molecule has 0 spiro atoms. The second kappa shape index (κ2) is 6.43. The molecule has 1 aromatic carbocycles. The van der Waals surface area contributed by atoms with Crippen molar-refractivity contribution >= 4 is 21.7 Å². The Morgan fingerprint density at radius 1 is 1.29 bits per heavy atom. The third-order valence-electron chi connectivity index (χ3n) is 3.65. The molecule has 21 heavy (non-hydrogen) atoms. The zero-order chi connectivity index (χ0) is 15.5. The molecule has 0 amide bonds. The molecular weight excluding hydrogens is 297 g/mol. The first-order valence-corrected chi connectivity index (χ1v) is 8.56. The molecule has 0 saturated heterocycles. The molecule has 2 rings (SSSR count). The first-order chi connectivity index (χ1) is 9.87. The molecule has 0 aliphatic heterocycles. The van der Waals surface area contributed by atoms with Crippen LogP contribution in [0, 0.1) is 11.7 Å². The Bertz CT molecular complexity index is 624. The molecule has 0 bridgehead atoms. The van der Waals surface area contributed by atoms with Crippen molar-refractivity contribution in [3.05, 3.63) is 29.6 Å². The summed E-state index contributed by atoms with van der Waals surface area (Å²) in [5, 5.41) is 8.73. The maximum Gasteiger partial charge on any atom is 0.338 e. The summed E-state index contributed by atoms with van der Waals surface area (Å²) in [6.07, 6.45) is 5.02. The number of halogens is 1. The average molecular weight is 315 g/mol. The summed E-state index contributed by atoms with van der Waals surface area (Å²) in [7, 11) is -3.55. The Kier molecular flexibility index (Phi) is 4.82. The lowest BCUT2D eigenvalue weighted by Gasteiger charge is -2.21. The zero-order valence-electron chi connectivity index (χ0n) is 11.5. The van der Waals surface area contributed by atoms with Crippen LogP contribution in [0.25, 0.3) is 0 Å². The molecule has 1 aliphatic rings. The summed E-state index contributed by atoms with van der Waals surface area (Å²) in [6.45, 7) is 0. The van der Waals surface area contributed by atoms with Crippen LogP contribution >= 0.6 is 0 Å². The topological polar surface area (TPSA) is 83.5 Å². The number of carboxylic acids is 1. The van der Waals surface area contributed by atoms with Crippen molar-refractivity contribution in [3.8, 4) is 0 Å². The Labute approximate surface area is 123 Å². The molecule has 116 valence electrons. The monoisotopic (exact) mass is 315 g/mol. The van der Waals surface area contributed by atoms with Crippen molar-refractivity contribution in [1.29, 1.82) is 0 Å². The number of anilines is 1. The zero-order valence-corrected chi connectivity index (χ0v) is 12.3. The van der Waals surface area contributed by atoms with Gasteiger partial charge in [0.2, 0.25) is 10.0 Å². The highest BCUT2D eigenvalue weighted by atomic mass is 32.2. The van der Waals surface area contributed by atoms with E-state index in [9.17, 15) is 17.6 Å². The lowest BCUT2D eigenvalue weighted by molar-refractivity contribution is 0.0692. The highest BCUT2D eigenvalue weighted by Gasteiger charge is 2.22. The summed E-state index contributed by atoms with van der Waals surface area (Å²) < 4.78 is 39.9. The van der Waals surface area contributed by atoms with E-state index in [-0.39, 0.29) is 17.4 Å². The van der Waals surface area contributed by atoms with E-state index in [1.54, 1.807) is 0 Å². The van der Waals surface area contributed by atoms with Gasteiger partial charge in [0.25, 0.3) is 0 Å². The normalized spacial score (nSPS) is 16.6. The Balaban J connectivity index is 2.05. The molecular formula is C14H18FNO4S. The van der Waals surface area contributed by atoms with Gasteiger partial charge in [-0.3, -0.25) is 4.72 Å².